The molecule has 0 atom stereocenters. The second kappa shape index (κ2) is 6.30. The maximum Gasteiger partial charge on any atom is 0.0916 e. The fourth-order valence-corrected chi connectivity index (χ4v) is 1.64. The Morgan fingerprint density at radius 1 is 1.18 bits per heavy atom. The maximum absolute atomic E-state index is 5.23. The van der Waals surface area contributed by atoms with Gasteiger partial charge in [-0.1, -0.05) is 18.2 Å². The lowest BCUT2D eigenvalue weighted by Crippen LogP contribution is -2.17. The molecule has 17 heavy (non-hydrogen) atoms. The normalized spacial score (nSPS) is 10.9. The third kappa shape index (κ3) is 3.23. The number of nitrogens with one attached hydrogen (secondary N) is 1. The lowest BCUT2D eigenvalue weighted by atomic mass is 10.1. The summed E-state index contributed by atoms with van der Waals surface area (Å²) in [6.07, 6.45) is 1.81. The highest BCUT2D eigenvalue weighted by molar-refractivity contribution is 5.81. The highest BCUT2D eigenvalue weighted by Crippen LogP contribution is 2.15. The average molecular weight is 232 g/mol. The van der Waals surface area contributed by atoms with E-state index in [1.54, 1.807) is 7.11 Å². The van der Waals surface area contributed by atoms with Crippen LogP contribution < -0.4 is 5.48 Å². The largest absolute Gasteiger partial charge is 0.382 e. The van der Waals surface area contributed by atoms with Crippen LogP contribution in [0.5, 0.6) is 0 Å². The van der Waals surface area contributed by atoms with E-state index in [0.717, 1.165) is 10.9 Å². The van der Waals surface area contributed by atoms with Crippen molar-refractivity contribution >= 4 is 10.9 Å². The monoisotopic (exact) mass is 232 g/mol. The number of hydrogen-bond donors (Lipinski definition) is 1. The van der Waals surface area contributed by atoms with E-state index in [1.807, 2.05) is 30.5 Å². The molecule has 4 heteroatoms. The van der Waals surface area contributed by atoms with Crippen LogP contribution in [0.3, 0.4) is 0 Å². The van der Waals surface area contributed by atoms with Crippen molar-refractivity contribution in [3.05, 3.63) is 42.1 Å². The Bertz CT molecular complexity index is 468. The molecule has 0 spiro atoms. The second-order valence-corrected chi connectivity index (χ2v) is 3.65. The number of nitrogens with zero attached hydrogens (tertiary/aromatic N) is 1. The summed E-state index contributed by atoms with van der Waals surface area (Å²) < 4.78 is 4.89. The first-order valence-corrected chi connectivity index (χ1v) is 5.58. The molecule has 2 aromatic rings. The van der Waals surface area contributed by atoms with Crippen molar-refractivity contribution in [3.63, 3.8) is 0 Å². The molecule has 4 nitrogen and oxygen atoms in total. The summed E-state index contributed by atoms with van der Waals surface area (Å²) >= 11 is 0. The van der Waals surface area contributed by atoms with Crippen LogP contribution in [-0.2, 0) is 16.1 Å². The Kier molecular flexibility index (Phi) is 4.44. The molecule has 0 radical (unpaired) electrons. The minimum atomic E-state index is 0.541. The molecule has 0 saturated carbocycles. The van der Waals surface area contributed by atoms with Crippen LogP contribution in [-0.4, -0.2) is 25.3 Å². The standard InChI is InChI=1S/C13H16N2O2/c1-16-8-9-17-15-10-11-6-7-14-13-5-3-2-4-12(11)13/h2-7,15H,8-10H2,1H3. The van der Waals surface area contributed by atoms with Crippen LogP contribution in [0.1, 0.15) is 5.56 Å². The number of hydroxylamine groups is 1. The van der Waals surface area contributed by atoms with E-state index in [-0.39, 0.29) is 0 Å². The van der Waals surface area contributed by atoms with Crippen LogP contribution in [0, 0.1) is 0 Å². The molecule has 0 unspecified atom stereocenters. The van der Waals surface area contributed by atoms with Crippen LogP contribution in [0.15, 0.2) is 36.5 Å². The first-order valence-electron chi connectivity index (χ1n) is 5.58. The number of para-hydroxylation sites is 1. The predicted octanol–water partition coefficient (Wildman–Crippen LogP) is 1.90. The van der Waals surface area contributed by atoms with Gasteiger partial charge < -0.3 is 4.74 Å². The molecule has 2 rings (SSSR count). The Morgan fingerprint density at radius 2 is 2.06 bits per heavy atom. The zero-order valence-electron chi connectivity index (χ0n) is 9.85. The molecule has 1 heterocycles. The number of pyridine rings is 1. The van der Waals surface area contributed by atoms with Crippen molar-refractivity contribution < 1.29 is 9.57 Å². The first-order chi connectivity index (χ1) is 8.42. The Morgan fingerprint density at radius 3 is 2.94 bits per heavy atom. The number of fused-ring (bicyclic) bond motifs is 1. The van der Waals surface area contributed by atoms with Gasteiger partial charge in [-0.3, -0.25) is 9.82 Å². The van der Waals surface area contributed by atoms with E-state index in [1.165, 1.54) is 5.56 Å². The molecular weight excluding hydrogens is 216 g/mol. The van der Waals surface area contributed by atoms with E-state index < -0.39 is 0 Å². The second-order valence-electron chi connectivity index (χ2n) is 3.65. The molecular formula is C13H16N2O2. The van der Waals surface area contributed by atoms with Gasteiger partial charge in [-0.2, -0.15) is 5.48 Å². The van der Waals surface area contributed by atoms with Crippen LogP contribution in [0.2, 0.25) is 0 Å². The number of hydrogen-bond acceptors (Lipinski definition) is 4. The summed E-state index contributed by atoms with van der Waals surface area (Å²) in [6, 6.07) is 10.1. The summed E-state index contributed by atoms with van der Waals surface area (Å²) in [6.45, 7) is 1.79. The van der Waals surface area contributed by atoms with Gasteiger partial charge in [-0.15, -0.1) is 0 Å². The molecule has 0 amide bonds. The highest BCUT2D eigenvalue weighted by atomic mass is 16.7. The number of ether oxygens (including phenoxy) is 1. The van der Waals surface area contributed by atoms with Crippen LogP contribution in [0.4, 0.5) is 0 Å². The predicted molar refractivity (Wildman–Crippen MR) is 66.4 cm³/mol. The molecule has 1 aromatic carbocycles. The zero-order chi connectivity index (χ0) is 11.9. The van der Waals surface area contributed by atoms with Gasteiger partial charge in [0, 0.05) is 25.2 Å². The smallest absolute Gasteiger partial charge is 0.0916 e. The van der Waals surface area contributed by atoms with Gasteiger partial charge in [0.05, 0.1) is 18.7 Å². The van der Waals surface area contributed by atoms with E-state index in [0.29, 0.717) is 19.8 Å². The molecule has 1 N–H and O–H groups in total. The molecule has 0 aliphatic carbocycles. The lowest BCUT2D eigenvalue weighted by molar-refractivity contribution is 0.00362. The molecule has 0 fully saturated rings. The lowest BCUT2D eigenvalue weighted by Gasteiger charge is -2.07. The highest BCUT2D eigenvalue weighted by Gasteiger charge is 2.00. The summed E-state index contributed by atoms with van der Waals surface area (Å²) in [4.78, 5) is 9.54. The first kappa shape index (κ1) is 12.0. The molecule has 0 aliphatic rings. The van der Waals surface area contributed by atoms with E-state index >= 15 is 0 Å². The minimum Gasteiger partial charge on any atom is -0.382 e. The summed E-state index contributed by atoms with van der Waals surface area (Å²) in [5, 5.41) is 1.15. The van der Waals surface area contributed by atoms with Gasteiger partial charge in [-0.25, -0.2) is 0 Å². The summed E-state index contributed by atoms with van der Waals surface area (Å²) in [5.41, 5.74) is 5.10. The van der Waals surface area contributed by atoms with Gasteiger partial charge in [0.2, 0.25) is 0 Å². The van der Waals surface area contributed by atoms with Gasteiger partial charge in [0.1, 0.15) is 0 Å². The van der Waals surface area contributed by atoms with Crippen molar-refractivity contribution in [3.8, 4) is 0 Å². The molecule has 1 aromatic heterocycles. The summed E-state index contributed by atoms with van der Waals surface area (Å²) in [7, 11) is 1.65. The van der Waals surface area contributed by atoms with Gasteiger partial charge >= 0.3 is 0 Å². The maximum atomic E-state index is 5.23. The molecule has 0 bridgehead atoms. The zero-order valence-corrected chi connectivity index (χ0v) is 9.85. The molecule has 0 aliphatic heterocycles. The van der Waals surface area contributed by atoms with Gasteiger partial charge in [0.25, 0.3) is 0 Å². The van der Waals surface area contributed by atoms with E-state index in [2.05, 4.69) is 16.5 Å². The quantitative estimate of drug-likeness (QED) is 0.610. The van der Waals surface area contributed by atoms with Crippen molar-refractivity contribution in [1.82, 2.24) is 10.5 Å². The third-order valence-corrected chi connectivity index (χ3v) is 2.49. The van der Waals surface area contributed by atoms with Crippen LogP contribution in [0.25, 0.3) is 10.9 Å². The third-order valence-electron chi connectivity index (χ3n) is 2.49. The summed E-state index contributed by atoms with van der Waals surface area (Å²) in [5.74, 6) is 0. The van der Waals surface area contributed by atoms with Crippen molar-refractivity contribution in [2.24, 2.45) is 0 Å². The fraction of sp³-hybridized carbons (Fsp3) is 0.308. The average Bonchev–Trinajstić information content (AvgIpc) is 2.39. The molecule has 0 saturated heterocycles. The van der Waals surface area contributed by atoms with E-state index in [4.69, 9.17) is 9.57 Å². The minimum absolute atomic E-state index is 0.541. The number of benzene rings is 1. The Labute approximate surface area is 101 Å². The topological polar surface area (TPSA) is 43.4 Å². The van der Waals surface area contributed by atoms with E-state index in [9.17, 15) is 0 Å². The van der Waals surface area contributed by atoms with Gasteiger partial charge in [0.15, 0.2) is 0 Å². The van der Waals surface area contributed by atoms with Gasteiger partial charge in [-0.05, 0) is 17.7 Å². The SMILES string of the molecule is COCCONCc1ccnc2ccccc12. The molecule has 90 valence electrons. The van der Waals surface area contributed by atoms with Crippen molar-refractivity contribution in [1.29, 1.82) is 0 Å². The number of methoxy groups -OCH3 is 1. The van der Waals surface area contributed by atoms with Crippen molar-refractivity contribution in [2.45, 2.75) is 6.54 Å². The van der Waals surface area contributed by atoms with Crippen molar-refractivity contribution in [2.75, 3.05) is 20.3 Å². The number of rotatable bonds is 6. The number of aromatic nitrogens is 1. The fourth-order valence-electron chi connectivity index (χ4n) is 1.64. The van der Waals surface area contributed by atoms with Crippen LogP contribution >= 0.6 is 0 Å². The Hall–Kier alpha value is -1.49. The Balaban J connectivity index is 1.98.